The zero-order valence-electron chi connectivity index (χ0n) is 15.6. The third-order valence-corrected chi connectivity index (χ3v) is 5.21. The molecule has 6 nitrogen and oxygen atoms in total. The normalized spacial score (nSPS) is 18.9. The van der Waals surface area contributed by atoms with E-state index in [2.05, 4.69) is 10.6 Å². The van der Waals surface area contributed by atoms with Gasteiger partial charge >= 0.3 is 6.03 Å². The number of halogens is 1. The Balaban J connectivity index is 1.57. The van der Waals surface area contributed by atoms with Crippen LogP contribution in [0.25, 0.3) is 0 Å². The fraction of sp³-hybridized carbons (Fsp3) is 0.286. The highest BCUT2D eigenvalue weighted by Gasteiger charge is 2.47. The van der Waals surface area contributed by atoms with Crippen molar-refractivity contribution in [2.45, 2.75) is 31.8 Å². The average molecular weight is 400 g/mol. The van der Waals surface area contributed by atoms with E-state index >= 15 is 0 Å². The Kier molecular flexibility index (Phi) is 5.99. The highest BCUT2D eigenvalue weighted by molar-refractivity contribution is 6.31. The minimum Gasteiger partial charge on any atom is -0.350 e. The van der Waals surface area contributed by atoms with Crippen LogP contribution >= 0.6 is 11.6 Å². The summed E-state index contributed by atoms with van der Waals surface area (Å²) in [5.74, 6) is -0.808. The molecule has 1 saturated heterocycles. The number of rotatable bonds is 7. The largest absolute Gasteiger partial charge is 0.350 e. The van der Waals surface area contributed by atoms with Crippen LogP contribution in [-0.2, 0) is 22.6 Å². The lowest BCUT2D eigenvalue weighted by Crippen LogP contribution is -2.45. The van der Waals surface area contributed by atoms with Gasteiger partial charge in [0.25, 0.3) is 5.91 Å². The predicted octanol–water partition coefficient (Wildman–Crippen LogP) is 2.90. The Labute approximate surface area is 168 Å². The van der Waals surface area contributed by atoms with Crippen LogP contribution in [-0.4, -0.2) is 34.8 Å². The molecular weight excluding hydrogens is 378 g/mol. The lowest BCUT2D eigenvalue weighted by molar-refractivity contribution is -0.134. The summed E-state index contributed by atoms with van der Waals surface area (Å²) < 4.78 is 0. The van der Waals surface area contributed by atoms with Crippen LogP contribution in [0.2, 0.25) is 5.02 Å². The first-order valence-electron chi connectivity index (χ1n) is 9.07. The number of hydrogen-bond acceptors (Lipinski definition) is 3. The predicted molar refractivity (Wildman–Crippen MR) is 107 cm³/mol. The number of urea groups is 1. The Bertz CT molecular complexity index is 887. The van der Waals surface area contributed by atoms with Crippen molar-refractivity contribution in [3.63, 3.8) is 0 Å². The number of imide groups is 1. The molecule has 0 bridgehead atoms. The minimum absolute atomic E-state index is 0.230. The highest BCUT2D eigenvalue weighted by atomic mass is 35.5. The van der Waals surface area contributed by atoms with Gasteiger partial charge in [-0.05, 0) is 37.0 Å². The topological polar surface area (TPSA) is 78.5 Å². The zero-order valence-corrected chi connectivity index (χ0v) is 16.3. The molecule has 0 radical (unpaired) electrons. The van der Waals surface area contributed by atoms with E-state index in [4.69, 9.17) is 11.6 Å². The van der Waals surface area contributed by atoms with Crippen LogP contribution in [0, 0.1) is 0 Å². The molecule has 3 rings (SSSR count). The number of benzene rings is 2. The summed E-state index contributed by atoms with van der Waals surface area (Å²) in [6, 6.07) is 16.4. The van der Waals surface area contributed by atoms with Gasteiger partial charge in [0.1, 0.15) is 12.1 Å². The molecule has 0 unspecified atom stereocenters. The van der Waals surface area contributed by atoms with E-state index in [-0.39, 0.29) is 19.0 Å². The maximum Gasteiger partial charge on any atom is 0.325 e. The second-order valence-corrected chi connectivity index (χ2v) is 7.41. The SMILES string of the molecule is C[C@@]1(CCc2ccccc2)NC(=O)N(CC(=O)NCc2ccccc2Cl)C1=O. The summed E-state index contributed by atoms with van der Waals surface area (Å²) in [6.45, 7) is 1.60. The number of nitrogens with zero attached hydrogens (tertiary/aromatic N) is 1. The quantitative estimate of drug-likeness (QED) is 0.702. The van der Waals surface area contributed by atoms with Gasteiger partial charge in [-0.1, -0.05) is 60.1 Å². The van der Waals surface area contributed by atoms with Crippen molar-refractivity contribution in [2.24, 2.45) is 0 Å². The molecule has 2 aromatic carbocycles. The van der Waals surface area contributed by atoms with E-state index in [1.165, 1.54) is 0 Å². The summed E-state index contributed by atoms with van der Waals surface area (Å²) in [4.78, 5) is 38.2. The Hall–Kier alpha value is -2.86. The maximum absolute atomic E-state index is 12.8. The van der Waals surface area contributed by atoms with Gasteiger partial charge in [-0.15, -0.1) is 0 Å². The van der Waals surface area contributed by atoms with Crippen molar-refractivity contribution < 1.29 is 14.4 Å². The summed E-state index contributed by atoms with van der Waals surface area (Å²) >= 11 is 6.07. The van der Waals surface area contributed by atoms with Crippen molar-refractivity contribution in [1.82, 2.24) is 15.5 Å². The van der Waals surface area contributed by atoms with Crippen molar-refractivity contribution in [3.8, 4) is 0 Å². The molecule has 4 amide bonds. The van der Waals surface area contributed by atoms with Crippen LogP contribution in [0.5, 0.6) is 0 Å². The van der Waals surface area contributed by atoms with E-state index in [1.807, 2.05) is 36.4 Å². The molecule has 1 heterocycles. The number of hydrogen-bond donors (Lipinski definition) is 2. The Morgan fingerprint density at radius 3 is 2.50 bits per heavy atom. The molecule has 146 valence electrons. The molecule has 0 aromatic heterocycles. The molecule has 0 saturated carbocycles. The lowest BCUT2D eigenvalue weighted by Gasteiger charge is -2.21. The van der Waals surface area contributed by atoms with Gasteiger partial charge in [-0.25, -0.2) is 4.79 Å². The van der Waals surface area contributed by atoms with E-state index in [9.17, 15) is 14.4 Å². The van der Waals surface area contributed by atoms with Crippen LogP contribution in [0.1, 0.15) is 24.5 Å². The zero-order chi connectivity index (χ0) is 20.1. The van der Waals surface area contributed by atoms with Crippen LogP contribution < -0.4 is 10.6 Å². The Morgan fingerprint density at radius 1 is 1.11 bits per heavy atom. The minimum atomic E-state index is -1.02. The molecule has 0 aliphatic carbocycles. The van der Waals surface area contributed by atoms with Crippen molar-refractivity contribution >= 4 is 29.4 Å². The third-order valence-electron chi connectivity index (χ3n) is 4.84. The molecule has 1 atom stereocenters. The molecule has 2 N–H and O–H groups in total. The standard InChI is InChI=1S/C21H22ClN3O3/c1-21(12-11-15-7-3-2-4-8-15)19(27)25(20(28)24-21)14-18(26)23-13-16-9-5-6-10-17(16)22/h2-10H,11-14H2,1H3,(H,23,26)(H,24,28)/t21-/m0/s1. The fourth-order valence-corrected chi connectivity index (χ4v) is 3.34. The van der Waals surface area contributed by atoms with Gasteiger partial charge in [-0.3, -0.25) is 14.5 Å². The van der Waals surface area contributed by atoms with Gasteiger partial charge in [0.05, 0.1) is 0 Å². The summed E-state index contributed by atoms with van der Waals surface area (Å²) in [5.41, 5.74) is 0.833. The molecule has 1 aliphatic heterocycles. The lowest BCUT2D eigenvalue weighted by atomic mass is 9.93. The number of carbonyl (C=O) groups excluding carboxylic acids is 3. The number of carbonyl (C=O) groups is 3. The molecule has 7 heteroatoms. The summed E-state index contributed by atoms with van der Waals surface area (Å²) in [5, 5.41) is 5.97. The summed E-state index contributed by atoms with van der Waals surface area (Å²) in [6.07, 6.45) is 1.11. The van der Waals surface area contributed by atoms with E-state index < -0.39 is 17.5 Å². The van der Waals surface area contributed by atoms with E-state index in [1.54, 1.807) is 25.1 Å². The number of amides is 4. The fourth-order valence-electron chi connectivity index (χ4n) is 3.13. The Morgan fingerprint density at radius 2 is 1.79 bits per heavy atom. The first kappa shape index (κ1) is 19.9. The van der Waals surface area contributed by atoms with Crippen LogP contribution in [0.4, 0.5) is 4.79 Å². The van der Waals surface area contributed by atoms with Gasteiger partial charge in [0.2, 0.25) is 5.91 Å². The van der Waals surface area contributed by atoms with Crippen molar-refractivity contribution in [3.05, 3.63) is 70.7 Å². The van der Waals surface area contributed by atoms with Gasteiger partial charge in [0.15, 0.2) is 0 Å². The van der Waals surface area contributed by atoms with Gasteiger partial charge in [0, 0.05) is 11.6 Å². The van der Waals surface area contributed by atoms with Gasteiger partial charge < -0.3 is 10.6 Å². The van der Waals surface area contributed by atoms with Crippen LogP contribution in [0.3, 0.4) is 0 Å². The average Bonchev–Trinajstić information content (AvgIpc) is 2.90. The first-order chi connectivity index (χ1) is 13.4. The van der Waals surface area contributed by atoms with E-state index in [0.29, 0.717) is 17.9 Å². The molecule has 1 aliphatic rings. The molecule has 1 fully saturated rings. The molecular formula is C21H22ClN3O3. The first-order valence-corrected chi connectivity index (χ1v) is 9.45. The molecule has 0 spiro atoms. The third kappa shape index (κ3) is 4.51. The molecule has 28 heavy (non-hydrogen) atoms. The van der Waals surface area contributed by atoms with Crippen LogP contribution in [0.15, 0.2) is 54.6 Å². The van der Waals surface area contributed by atoms with E-state index in [0.717, 1.165) is 16.0 Å². The number of aryl methyl sites for hydroxylation is 1. The number of nitrogens with one attached hydrogen (secondary N) is 2. The maximum atomic E-state index is 12.8. The second kappa shape index (κ2) is 8.44. The smallest absolute Gasteiger partial charge is 0.325 e. The van der Waals surface area contributed by atoms with Crippen molar-refractivity contribution in [2.75, 3.05) is 6.54 Å². The summed E-state index contributed by atoms with van der Waals surface area (Å²) in [7, 11) is 0. The van der Waals surface area contributed by atoms with Crippen molar-refractivity contribution in [1.29, 1.82) is 0 Å². The van der Waals surface area contributed by atoms with Gasteiger partial charge in [-0.2, -0.15) is 0 Å². The second-order valence-electron chi connectivity index (χ2n) is 7.01. The highest BCUT2D eigenvalue weighted by Crippen LogP contribution is 2.23. The molecule has 2 aromatic rings. The monoisotopic (exact) mass is 399 g/mol.